The Morgan fingerprint density at radius 3 is 2.14 bits per heavy atom. The van der Waals surface area contributed by atoms with Crippen LogP contribution in [0.4, 0.5) is 9.18 Å². The van der Waals surface area contributed by atoms with E-state index in [1.165, 1.54) is 31.3 Å². The third-order valence-corrected chi connectivity index (χ3v) is 5.46. The van der Waals surface area contributed by atoms with Crippen molar-refractivity contribution in [1.82, 2.24) is 4.90 Å². The smallest absolute Gasteiger partial charge is 0.407 e. The first-order chi connectivity index (χ1) is 13.4. The van der Waals surface area contributed by atoms with Crippen LogP contribution in [0.1, 0.15) is 24.0 Å². The summed E-state index contributed by atoms with van der Waals surface area (Å²) in [5.74, 6) is 0.377. The van der Waals surface area contributed by atoms with E-state index < -0.39 is 11.7 Å². The van der Waals surface area contributed by atoms with Crippen LogP contribution in [-0.2, 0) is 5.60 Å². The number of aliphatic hydroxyl groups is 1. The molecular formula is C21H24FNO5. The van der Waals surface area contributed by atoms with Crippen molar-refractivity contribution >= 4 is 6.09 Å². The summed E-state index contributed by atoms with van der Waals surface area (Å²) in [6.45, 7) is 0.660. The molecule has 1 unspecified atom stereocenters. The molecule has 2 aromatic carbocycles. The molecule has 1 aliphatic rings. The monoisotopic (exact) mass is 389 g/mol. The maximum Gasteiger partial charge on any atom is 0.407 e. The van der Waals surface area contributed by atoms with Gasteiger partial charge in [0, 0.05) is 13.1 Å². The number of carboxylic acid groups (broad SMARTS) is 1. The summed E-state index contributed by atoms with van der Waals surface area (Å²) in [7, 11) is 3.05. The Bertz CT molecular complexity index is 833. The number of carbonyl (C=O) groups is 1. The lowest BCUT2D eigenvalue weighted by molar-refractivity contribution is -0.0123. The Morgan fingerprint density at radius 2 is 1.61 bits per heavy atom. The highest BCUT2D eigenvalue weighted by atomic mass is 19.1. The van der Waals surface area contributed by atoms with E-state index in [4.69, 9.17) is 9.47 Å². The minimum Gasteiger partial charge on any atom is -0.493 e. The number of methoxy groups -OCH3 is 2. The van der Waals surface area contributed by atoms with Gasteiger partial charge in [0.05, 0.1) is 14.2 Å². The molecule has 0 aromatic heterocycles. The molecule has 3 rings (SSSR count). The maximum atomic E-state index is 13.5. The van der Waals surface area contributed by atoms with E-state index in [1.54, 1.807) is 30.3 Å². The third kappa shape index (κ3) is 3.62. The Labute approximate surface area is 163 Å². The molecule has 1 heterocycles. The zero-order valence-electron chi connectivity index (χ0n) is 15.9. The topological polar surface area (TPSA) is 79.2 Å². The molecule has 28 heavy (non-hydrogen) atoms. The summed E-state index contributed by atoms with van der Waals surface area (Å²) in [5, 5.41) is 21.1. The molecule has 1 amide bonds. The molecule has 0 spiro atoms. The molecule has 2 aromatic rings. The van der Waals surface area contributed by atoms with Crippen LogP contribution in [0.15, 0.2) is 42.5 Å². The lowest BCUT2D eigenvalue weighted by Gasteiger charge is -2.41. The predicted octanol–water partition coefficient (Wildman–Crippen LogP) is 3.47. The molecule has 0 aliphatic carbocycles. The molecular weight excluding hydrogens is 365 g/mol. The Morgan fingerprint density at radius 1 is 1.04 bits per heavy atom. The first-order valence-electron chi connectivity index (χ1n) is 9.09. The third-order valence-electron chi connectivity index (χ3n) is 5.46. The van der Waals surface area contributed by atoms with E-state index in [0.717, 1.165) is 0 Å². The molecule has 6 nitrogen and oxygen atoms in total. The first kappa shape index (κ1) is 19.9. The van der Waals surface area contributed by atoms with Gasteiger partial charge in [-0.05, 0) is 54.2 Å². The molecule has 1 saturated heterocycles. The number of nitrogens with zero attached hydrogens (tertiary/aromatic N) is 1. The number of benzene rings is 2. The number of ether oxygens (including phenoxy) is 2. The number of halogens is 1. The zero-order valence-corrected chi connectivity index (χ0v) is 15.9. The molecule has 0 radical (unpaired) electrons. The van der Waals surface area contributed by atoms with Crippen molar-refractivity contribution in [2.75, 3.05) is 27.3 Å². The van der Waals surface area contributed by atoms with Gasteiger partial charge in [0.15, 0.2) is 11.5 Å². The van der Waals surface area contributed by atoms with Gasteiger partial charge in [-0.2, -0.15) is 0 Å². The van der Waals surface area contributed by atoms with Gasteiger partial charge in [0.25, 0.3) is 0 Å². The quantitative estimate of drug-likeness (QED) is 0.819. The number of rotatable bonds is 5. The highest BCUT2D eigenvalue weighted by Gasteiger charge is 2.42. The molecule has 1 fully saturated rings. The standard InChI is InChI=1S/C21H24FNO5/c1-27-18-8-5-16(13-19(18)28-2)21(26,14-3-6-17(22)7-4-14)15-9-11-23(12-10-15)20(24)25/h3-8,13,15,26H,9-12H2,1-2H3,(H,24,25). The number of hydrogen-bond donors (Lipinski definition) is 2. The first-order valence-corrected chi connectivity index (χ1v) is 9.09. The highest BCUT2D eigenvalue weighted by molar-refractivity contribution is 5.65. The summed E-state index contributed by atoms with van der Waals surface area (Å²) < 4.78 is 24.2. The van der Waals surface area contributed by atoms with E-state index in [9.17, 15) is 19.4 Å². The number of hydrogen-bond acceptors (Lipinski definition) is 4. The minimum atomic E-state index is -1.42. The Kier molecular flexibility index (Phi) is 5.74. The molecule has 2 N–H and O–H groups in total. The molecule has 1 aliphatic heterocycles. The van der Waals surface area contributed by atoms with Gasteiger partial charge in [0.2, 0.25) is 0 Å². The van der Waals surface area contributed by atoms with E-state index in [0.29, 0.717) is 48.6 Å². The molecule has 150 valence electrons. The van der Waals surface area contributed by atoms with Crippen molar-refractivity contribution in [2.24, 2.45) is 5.92 Å². The van der Waals surface area contributed by atoms with Crippen LogP contribution in [-0.4, -0.2) is 48.5 Å². The summed E-state index contributed by atoms with van der Waals surface area (Å²) in [6.07, 6.45) is -0.00171. The molecule has 0 saturated carbocycles. The predicted molar refractivity (Wildman–Crippen MR) is 101 cm³/mol. The van der Waals surface area contributed by atoms with Crippen LogP contribution in [0.25, 0.3) is 0 Å². The van der Waals surface area contributed by atoms with Gasteiger partial charge >= 0.3 is 6.09 Å². The van der Waals surface area contributed by atoms with Crippen molar-refractivity contribution in [3.8, 4) is 11.5 Å². The SMILES string of the molecule is COc1ccc(C(O)(c2ccc(F)cc2)C2CCN(C(=O)O)CC2)cc1OC. The van der Waals surface area contributed by atoms with E-state index in [2.05, 4.69) is 0 Å². The lowest BCUT2D eigenvalue weighted by atomic mass is 9.72. The van der Waals surface area contributed by atoms with Crippen LogP contribution in [0, 0.1) is 11.7 Å². The van der Waals surface area contributed by atoms with Gasteiger partial charge in [-0.3, -0.25) is 0 Å². The van der Waals surface area contributed by atoms with Crippen LogP contribution < -0.4 is 9.47 Å². The number of likely N-dealkylation sites (tertiary alicyclic amines) is 1. The fraction of sp³-hybridized carbons (Fsp3) is 0.381. The second-order valence-corrected chi connectivity index (χ2v) is 6.89. The van der Waals surface area contributed by atoms with E-state index in [1.807, 2.05) is 0 Å². The van der Waals surface area contributed by atoms with Crippen LogP contribution >= 0.6 is 0 Å². The Hall–Kier alpha value is -2.80. The van der Waals surface area contributed by atoms with Crippen molar-refractivity contribution in [3.05, 3.63) is 59.4 Å². The van der Waals surface area contributed by atoms with Gasteiger partial charge in [-0.15, -0.1) is 0 Å². The van der Waals surface area contributed by atoms with Gasteiger partial charge in [0.1, 0.15) is 11.4 Å². The van der Waals surface area contributed by atoms with Crippen molar-refractivity contribution < 1.29 is 28.9 Å². The van der Waals surface area contributed by atoms with Gasteiger partial charge in [-0.1, -0.05) is 18.2 Å². The maximum absolute atomic E-state index is 13.5. The van der Waals surface area contributed by atoms with Crippen LogP contribution in [0.2, 0.25) is 0 Å². The molecule has 7 heteroatoms. The lowest BCUT2D eigenvalue weighted by Crippen LogP contribution is -2.45. The highest BCUT2D eigenvalue weighted by Crippen LogP contribution is 2.44. The fourth-order valence-electron chi connectivity index (χ4n) is 3.90. The summed E-state index contributed by atoms with van der Waals surface area (Å²) in [6, 6.07) is 10.9. The average molecular weight is 389 g/mol. The van der Waals surface area contributed by atoms with Crippen molar-refractivity contribution in [3.63, 3.8) is 0 Å². The second kappa shape index (κ2) is 8.06. The molecule has 1 atom stereocenters. The van der Waals surface area contributed by atoms with Gasteiger partial charge < -0.3 is 24.6 Å². The van der Waals surface area contributed by atoms with Crippen LogP contribution in [0.5, 0.6) is 11.5 Å². The van der Waals surface area contributed by atoms with Gasteiger partial charge in [-0.25, -0.2) is 9.18 Å². The summed E-state index contributed by atoms with van der Waals surface area (Å²) >= 11 is 0. The van der Waals surface area contributed by atoms with Crippen molar-refractivity contribution in [1.29, 1.82) is 0 Å². The Balaban J connectivity index is 2.05. The van der Waals surface area contributed by atoms with Crippen LogP contribution in [0.3, 0.4) is 0 Å². The fourth-order valence-corrected chi connectivity index (χ4v) is 3.90. The zero-order chi connectivity index (χ0) is 20.3. The van der Waals surface area contributed by atoms with E-state index >= 15 is 0 Å². The molecule has 0 bridgehead atoms. The average Bonchev–Trinajstić information content (AvgIpc) is 2.73. The normalized spacial score (nSPS) is 17.1. The summed E-state index contributed by atoms with van der Waals surface area (Å²) in [4.78, 5) is 12.6. The van der Waals surface area contributed by atoms with Crippen molar-refractivity contribution in [2.45, 2.75) is 18.4 Å². The number of piperidine rings is 1. The largest absolute Gasteiger partial charge is 0.493 e. The summed E-state index contributed by atoms with van der Waals surface area (Å²) in [5.41, 5.74) is -0.280. The minimum absolute atomic E-state index is 0.244. The second-order valence-electron chi connectivity index (χ2n) is 6.89. The van der Waals surface area contributed by atoms with E-state index in [-0.39, 0.29) is 11.7 Å². The number of amides is 1.